The average Bonchev–Trinajstić information content (AvgIpc) is 3.04. The molecule has 0 aromatic heterocycles. The predicted molar refractivity (Wildman–Crippen MR) is 86.4 cm³/mol. The molecule has 4 N–H and O–H groups in total. The van der Waals surface area contributed by atoms with Gasteiger partial charge >= 0.3 is 0 Å². The highest BCUT2D eigenvalue weighted by molar-refractivity contribution is 7.89. The van der Waals surface area contributed by atoms with E-state index in [9.17, 15) is 13.2 Å². The van der Waals surface area contributed by atoms with Crippen molar-refractivity contribution in [3.63, 3.8) is 0 Å². The van der Waals surface area contributed by atoms with Crippen LogP contribution >= 0.6 is 0 Å². The molecule has 0 radical (unpaired) electrons. The number of sulfonamides is 1. The van der Waals surface area contributed by atoms with Crippen LogP contribution in [0.25, 0.3) is 10.8 Å². The van der Waals surface area contributed by atoms with Crippen LogP contribution in [0.2, 0.25) is 0 Å². The normalized spacial score (nSPS) is 23.4. The first-order chi connectivity index (χ1) is 11.0. The van der Waals surface area contributed by atoms with Gasteiger partial charge in [-0.1, -0.05) is 12.1 Å². The molecule has 2 unspecified atom stereocenters. The molecule has 4 rings (SSSR count). The summed E-state index contributed by atoms with van der Waals surface area (Å²) in [7, 11) is -3.71. The summed E-state index contributed by atoms with van der Waals surface area (Å²) in [6.45, 7) is 1.97. The van der Waals surface area contributed by atoms with Crippen LogP contribution in [0.15, 0.2) is 35.2 Å². The molecule has 1 amide bonds. The Kier molecular flexibility index (Phi) is 3.17. The second kappa shape index (κ2) is 5.00. The van der Waals surface area contributed by atoms with Gasteiger partial charge in [-0.05, 0) is 31.5 Å². The van der Waals surface area contributed by atoms with Gasteiger partial charge in [-0.15, -0.1) is 0 Å². The van der Waals surface area contributed by atoms with Gasteiger partial charge in [-0.2, -0.15) is 4.72 Å². The fraction of sp³-hybridized carbons (Fsp3) is 0.267. The summed E-state index contributed by atoms with van der Waals surface area (Å²) in [6, 6.07) is 8.47. The lowest BCUT2D eigenvalue weighted by atomic mass is 10.1. The Balaban J connectivity index is 1.81. The number of nitrogens with one attached hydrogen (secondary N) is 4. The van der Waals surface area contributed by atoms with Gasteiger partial charge in [0.2, 0.25) is 10.0 Å². The van der Waals surface area contributed by atoms with E-state index in [1.54, 1.807) is 24.3 Å². The highest BCUT2D eigenvalue weighted by Crippen LogP contribution is 2.36. The number of benzene rings is 2. The maximum atomic E-state index is 12.7. The van der Waals surface area contributed by atoms with Crippen molar-refractivity contribution in [3.8, 4) is 0 Å². The first-order valence-electron chi connectivity index (χ1n) is 7.36. The Labute approximate surface area is 133 Å². The summed E-state index contributed by atoms with van der Waals surface area (Å²) in [4.78, 5) is 12.1. The summed E-state index contributed by atoms with van der Waals surface area (Å²) in [5.41, 5.74) is 7.05. The summed E-state index contributed by atoms with van der Waals surface area (Å²) in [6.07, 6.45) is 0.290. The fourth-order valence-electron chi connectivity index (χ4n) is 3.14. The number of hydrogen-bond acceptors (Lipinski definition) is 5. The highest BCUT2D eigenvalue weighted by atomic mass is 32.2. The van der Waals surface area contributed by atoms with Gasteiger partial charge in [0, 0.05) is 28.1 Å². The molecular weight excluding hydrogens is 316 g/mol. The Morgan fingerprint density at radius 2 is 2.00 bits per heavy atom. The average molecular weight is 332 g/mol. The maximum absolute atomic E-state index is 12.7. The number of amides is 1. The van der Waals surface area contributed by atoms with Crippen molar-refractivity contribution in [2.75, 3.05) is 5.32 Å². The van der Waals surface area contributed by atoms with E-state index >= 15 is 0 Å². The van der Waals surface area contributed by atoms with E-state index in [2.05, 4.69) is 20.9 Å². The molecule has 1 fully saturated rings. The zero-order valence-corrected chi connectivity index (χ0v) is 13.2. The van der Waals surface area contributed by atoms with E-state index < -0.39 is 10.0 Å². The summed E-state index contributed by atoms with van der Waals surface area (Å²) in [5, 5.41) is 3.96. The lowest BCUT2D eigenvalue weighted by Crippen LogP contribution is -2.44. The molecule has 2 heterocycles. The van der Waals surface area contributed by atoms with Crippen molar-refractivity contribution in [2.45, 2.75) is 30.4 Å². The molecule has 7 nitrogen and oxygen atoms in total. The van der Waals surface area contributed by atoms with Gasteiger partial charge in [0.05, 0.1) is 11.1 Å². The van der Waals surface area contributed by atoms with Crippen LogP contribution in [0.1, 0.15) is 23.7 Å². The number of anilines is 1. The Hall–Kier alpha value is -2.00. The van der Waals surface area contributed by atoms with Crippen LogP contribution in [0, 0.1) is 0 Å². The zero-order valence-electron chi connectivity index (χ0n) is 12.4. The lowest BCUT2D eigenvalue weighted by Gasteiger charge is -2.14. The summed E-state index contributed by atoms with van der Waals surface area (Å²) >= 11 is 0. The van der Waals surface area contributed by atoms with Crippen molar-refractivity contribution >= 4 is 32.4 Å². The third-order valence-electron chi connectivity index (χ3n) is 4.17. The monoisotopic (exact) mass is 332 g/mol. The Bertz CT molecular complexity index is 926. The molecule has 0 spiro atoms. The third kappa shape index (κ3) is 2.31. The maximum Gasteiger partial charge on any atom is 0.256 e. The van der Waals surface area contributed by atoms with Crippen molar-refractivity contribution in [2.24, 2.45) is 0 Å². The van der Waals surface area contributed by atoms with Crippen molar-refractivity contribution in [1.82, 2.24) is 15.6 Å². The Morgan fingerprint density at radius 3 is 2.74 bits per heavy atom. The van der Waals surface area contributed by atoms with Crippen LogP contribution in [0.3, 0.4) is 0 Å². The molecule has 0 bridgehead atoms. The van der Waals surface area contributed by atoms with Gasteiger partial charge in [-0.25, -0.2) is 13.8 Å². The van der Waals surface area contributed by atoms with Crippen LogP contribution in [0.5, 0.6) is 0 Å². The molecule has 120 valence electrons. The van der Waals surface area contributed by atoms with Crippen LogP contribution in [0.4, 0.5) is 5.69 Å². The molecule has 0 aliphatic carbocycles. The molecule has 1 saturated heterocycles. The highest BCUT2D eigenvalue weighted by Gasteiger charge is 2.29. The number of hydrogen-bond donors (Lipinski definition) is 4. The number of carbonyl (C=O) groups is 1. The van der Waals surface area contributed by atoms with Crippen LogP contribution < -0.4 is 20.9 Å². The van der Waals surface area contributed by atoms with E-state index in [0.29, 0.717) is 28.4 Å². The molecule has 2 aliphatic heterocycles. The number of carbonyl (C=O) groups excluding carboxylic acids is 1. The first-order valence-corrected chi connectivity index (χ1v) is 8.84. The molecule has 2 atom stereocenters. The summed E-state index contributed by atoms with van der Waals surface area (Å²) < 4.78 is 28.2. The predicted octanol–water partition coefficient (Wildman–Crippen LogP) is 0.896. The van der Waals surface area contributed by atoms with E-state index in [1.165, 1.54) is 6.07 Å². The molecule has 0 saturated carbocycles. The van der Waals surface area contributed by atoms with Gasteiger partial charge in [0.25, 0.3) is 5.91 Å². The smallest absolute Gasteiger partial charge is 0.256 e. The van der Waals surface area contributed by atoms with Crippen molar-refractivity contribution in [1.29, 1.82) is 0 Å². The molecule has 8 heteroatoms. The van der Waals surface area contributed by atoms with Gasteiger partial charge < -0.3 is 5.32 Å². The third-order valence-corrected chi connectivity index (χ3v) is 5.70. The zero-order chi connectivity index (χ0) is 16.2. The van der Waals surface area contributed by atoms with E-state index in [1.807, 2.05) is 6.92 Å². The van der Waals surface area contributed by atoms with Gasteiger partial charge in [-0.3, -0.25) is 10.2 Å². The van der Waals surface area contributed by atoms with Gasteiger partial charge in [0.15, 0.2) is 0 Å². The van der Waals surface area contributed by atoms with Crippen LogP contribution in [-0.2, 0) is 10.0 Å². The van der Waals surface area contributed by atoms with Crippen molar-refractivity contribution in [3.05, 3.63) is 35.9 Å². The SMILES string of the molecule is CC1CC(NS(=O)(=O)c2ccc3c4c(cccc24)C(=O)N3)NN1. The second-order valence-electron chi connectivity index (χ2n) is 5.89. The van der Waals surface area contributed by atoms with Gasteiger partial charge in [0.1, 0.15) is 0 Å². The topological polar surface area (TPSA) is 99.3 Å². The minimum Gasteiger partial charge on any atom is -0.321 e. The Morgan fingerprint density at radius 1 is 1.17 bits per heavy atom. The molecule has 23 heavy (non-hydrogen) atoms. The minimum absolute atomic E-state index is 0.177. The van der Waals surface area contributed by atoms with Crippen LogP contribution in [-0.4, -0.2) is 26.5 Å². The quantitative estimate of drug-likeness (QED) is 0.669. The van der Waals surface area contributed by atoms with Crippen molar-refractivity contribution < 1.29 is 13.2 Å². The lowest BCUT2D eigenvalue weighted by molar-refractivity contribution is 0.103. The number of rotatable bonds is 3. The molecule has 2 aromatic carbocycles. The largest absolute Gasteiger partial charge is 0.321 e. The molecular formula is C15H16N4O3S. The summed E-state index contributed by atoms with van der Waals surface area (Å²) in [5.74, 6) is -0.205. The standard InChI is InChI=1S/C15H16N4O3S/c1-8-7-13(18-17-8)19-23(21,22)12-6-5-11-14-9(12)3-2-4-10(14)15(20)16-11/h2-6,8,13,17-19H,7H2,1H3,(H,16,20). The number of hydrazine groups is 1. The van der Waals surface area contributed by atoms with E-state index in [4.69, 9.17) is 0 Å². The fourth-order valence-corrected chi connectivity index (χ4v) is 4.50. The first kappa shape index (κ1) is 14.6. The molecule has 2 aliphatic rings. The van der Waals surface area contributed by atoms with E-state index in [-0.39, 0.29) is 23.0 Å². The second-order valence-corrected chi connectivity index (χ2v) is 7.58. The van der Waals surface area contributed by atoms with E-state index in [0.717, 1.165) is 0 Å². The minimum atomic E-state index is -3.71. The molecule has 2 aromatic rings.